The monoisotopic (exact) mass is 896 g/mol. The van der Waals surface area contributed by atoms with Crippen molar-refractivity contribution in [3.05, 3.63) is 23.8 Å². The van der Waals surface area contributed by atoms with Gasteiger partial charge in [0.1, 0.15) is 0 Å². The Hall–Kier alpha value is -0.760. The van der Waals surface area contributed by atoms with Crippen LogP contribution in [-0.2, 0) is 23.7 Å². The first-order valence-electron chi connectivity index (χ1n) is 28.3. The fraction of sp³-hybridized carbons (Fsp3) is 0.931. The summed E-state index contributed by atoms with van der Waals surface area (Å²) in [6.07, 6.45) is 43.8. The van der Waals surface area contributed by atoms with Gasteiger partial charge in [0, 0.05) is 52.7 Å². The van der Waals surface area contributed by atoms with Gasteiger partial charge in [0.2, 0.25) is 0 Å². The highest BCUT2D eigenvalue weighted by Gasteiger charge is 2.59. The molecule has 0 spiro atoms. The van der Waals surface area contributed by atoms with Crippen molar-refractivity contribution in [2.24, 2.45) is 46.3 Å². The zero-order chi connectivity index (χ0) is 45.3. The molecule has 6 nitrogen and oxygen atoms in total. The maximum absolute atomic E-state index is 6.55. The number of hydrogen-bond acceptors (Lipinski definition) is 6. The van der Waals surface area contributed by atoms with Gasteiger partial charge in [-0.15, -0.1) is 0 Å². The second-order valence-electron chi connectivity index (χ2n) is 22.8. The van der Waals surface area contributed by atoms with E-state index in [0.717, 1.165) is 127 Å². The number of nitrogens with zero attached hydrogens (tertiary/aromatic N) is 1. The Morgan fingerprint density at radius 2 is 1.39 bits per heavy atom. The quantitative estimate of drug-likeness (QED) is 0.0467. The van der Waals surface area contributed by atoms with E-state index in [2.05, 4.69) is 64.7 Å². The average molecular weight is 896 g/mol. The van der Waals surface area contributed by atoms with Gasteiger partial charge in [0.25, 0.3) is 0 Å². The maximum atomic E-state index is 6.55. The Bertz CT molecular complexity index is 1260. The first-order chi connectivity index (χ1) is 31.2. The minimum atomic E-state index is 0.106. The lowest BCUT2D eigenvalue weighted by atomic mass is 9.47. The lowest BCUT2D eigenvalue weighted by molar-refractivity contribution is -0.0653. The summed E-state index contributed by atoms with van der Waals surface area (Å²) in [4.78, 5) is 2.47. The van der Waals surface area contributed by atoms with E-state index < -0.39 is 0 Å². The van der Waals surface area contributed by atoms with E-state index in [-0.39, 0.29) is 6.10 Å². The fourth-order valence-corrected chi connectivity index (χ4v) is 13.6. The van der Waals surface area contributed by atoms with Gasteiger partial charge in [-0.25, -0.2) is 0 Å². The third kappa shape index (κ3) is 18.0. The highest BCUT2D eigenvalue weighted by molar-refractivity contribution is 5.25. The largest absolute Gasteiger partial charge is 0.381 e. The third-order valence-electron chi connectivity index (χ3n) is 17.5. The van der Waals surface area contributed by atoms with Crippen molar-refractivity contribution >= 4 is 0 Å². The van der Waals surface area contributed by atoms with Crippen LogP contribution in [0, 0.1) is 46.3 Å². The molecular formula is C58H105NO5. The van der Waals surface area contributed by atoms with Crippen molar-refractivity contribution in [1.29, 1.82) is 0 Å². The number of allylic oxidation sites excluding steroid dienone is 3. The van der Waals surface area contributed by atoms with Crippen LogP contribution >= 0.6 is 0 Å². The van der Waals surface area contributed by atoms with E-state index in [1.165, 1.54) is 148 Å². The molecule has 5 aliphatic rings. The molecule has 0 amide bonds. The van der Waals surface area contributed by atoms with Crippen molar-refractivity contribution in [3.63, 3.8) is 0 Å². The molecule has 4 aliphatic carbocycles. The molecule has 1 saturated heterocycles. The average Bonchev–Trinajstić information content (AvgIpc) is 3.65. The van der Waals surface area contributed by atoms with Gasteiger partial charge in [-0.05, 0) is 143 Å². The minimum absolute atomic E-state index is 0.106. The summed E-state index contributed by atoms with van der Waals surface area (Å²) in [7, 11) is 0. The van der Waals surface area contributed by atoms with E-state index >= 15 is 0 Å². The zero-order valence-corrected chi connectivity index (χ0v) is 43.2. The molecule has 5 rings (SSSR count). The summed E-state index contributed by atoms with van der Waals surface area (Å²) in [5.74, 6) is 5.39. The van der Waals surface area contributed by atoms with Crippen molar-refractivity contribution in [2.45, 2.75) is 227 Å². The van der Waals surface area contributed by atoms with Gasteiger partial charge in [-0.1, -0.05) is 142 Å². The summed E-state index contributed by atoms with van der Waals surface area (Å²) in [6, 6.07) is 0. The van der Waals surface area contributed by atoms with E-state index in [0.29, 0.717) is 23.5 Å². The molecule has 0 aromatic heterocycles. The molecule has 6 heteroatoms. The molecule has 0 radical (unpaired) electrons. The Balaban J connectivity index is 0.880. The number of hydrogen-bond donors (Lipinski definition) is 0. The second-order valence-corrected chi connectivity index (χ2v) is 22.8. The number of unbranched alkanes of at least 4 members (excludes halogenated alkanes) is 12. The SMILES string of the molecule is CCCCCCCC/C=C\CCCCCCCCOCC(CN1CCOCC1)OCCCOCCCO[C@H]1CC[C@@]2(C)C(=CC[C@H]3[C@@H]4CC[C@H]([C@H](C)CCCC(C)C)[C@@]4(C)CC[C@@H]32)C1. The van der Waals surface area contributed by atoms with Crippen LogP contribution in [0.5, 0.6) is 0 Å². The molecule has 0 aromatic rings. The molecule has 1 heterocycles. The van der Waals surface area contributed by atoms with Crippen molar-refractivity contribution in [3.8, 4) is 0 Å². The Morgan fingerprint density at radius 3 is 2.12 bits per heavy atom. The Morgan fingerprint density at radius 1 is 0.703 bits per heavy atom. The molecule has 0 aromatic carbocycles. The Kier molecular flexibility index (Phi) is 26.0. The molecule has 9 atom stereocenters. The molecule has 1 aliphatic heterocycles. The van der Waals surface area contributed by atoms with Gasteiger partial charge in [0.15, 0.2) is 0 Å². The van der Waals surface area contributed by atoms with Gasteiger partial charge in [-0.3, -0.25) is 4.90 Å². The van der Waals surface area contributed by atoms with Gasteiger partial charge in [-0.2, -0.15) is 0 Å². The molecule has 1 unspecified atom stereocenters. The zero-order valence-electron chi connectivity index (χ0n) is 43.2. The van der Waals surface area contributed by atoms with Crippen LogP contribution in [0.25, 0.3) is 0 Å². The summed E-state index contributed by atoms with van der Waals surface area (Å²) in [5, 5.41) is 0. The number of ether oxygens (including phenoxy) is 5. The number of fused-ring (bicyclic) bond motifs is 5. The van der Waals surface area contributed by atoms with E-state index in [1.807, 2.05) is 0 Å². The summed E-state index contributed by atoms with van der Waals surface area (Å²) in [6.45, 7) is 24.2. The number of rotatable bonds is 35. The standard InChI is InChI=1S/C58H105NO5/c1-7-8-9-10-11-12-13-14-15-16-17-18-19-20-21-22-38-62-47-52(46-59-36-43-61-44-37-59)64-42-25-40-60-39-24-41-63-51-32-34-57(5)50(45-51)28-29-53-55-31-30-54(49(4)27-23-26-48(2)3)58(55,6)35-33-56(53)57/h14-15,28,48-49,51-56H,7-13,16-27,29-47H2,1-6H3/b15-14-/t49-,51+,52?,53+,54-,55+,56+,57+,58-/m1/s1. The highest BCUT2D eigenvalue weighted by Crippen LogP contribution is 2.67. The molecule has 0 bridgehead atoms. The van der Waals surface area contributed by atoms with Crippen molar-refractivity contribution in [2.75, 3.05) is 72.5 Å². The molecule has 4 fully saturated rings. The van der Waals surface area contributed by atoms with E-state index in [1.54, 1.807) is 5.57 Å². The number of morpholine rings is 1. The fourth-order valence-electron chi connectivity index (χ4n) is 13.6. The molecule has 3 saturated carbocycles. The minimum Gasteiger partial charge on any atom is -0.381 e. The van der Waals surface area contributed by atoms with E-state index in [9.17, 15) is 0 Å². The van der Waals surface area contributed by atoms with Crippen LogP contribution in [0.15, 0.2) is 23.8 Å². The topological polar surface area (TPSA) is 49.4 Å². The molecule has 0 N–H and O–H groups in total. The smallest absolute Gasteiger partial charge is 0.0934 e. The van der Waals surface area contributed by atoms with Crippen LogP contribution in [0.1, 0.15) is 215 Å². The lowest BCUT2D eigenvalue weighted by Crippen LogP contribution is -2.51. The van der Waals surface area contributed by atoms with Crippen LogP contribution < -0.4 is 0 Å². The van der Waals surface area contributed by atoms with Crippen molar-refractivity contribution in [1.82, 2.24) is 4.90 Å². The van der Waals surface area contributed by atoms with Gasteiger partial charge < -0.3 is 23.7 Å². The predicted octanol–water partition coefficient (Wildman–Crippen LogP) is 15.0. The summed E-state index contributed by atoms with van der Waals surface area (Å²) in [5.41, 5.74) is 2.71. The van der Waals surface area contributed by atoms with Crippen LogP contribution in [0.4, 0.5) is 0 Å². The maximum Gasteiger partial charge on any atom is 0.0934 e. The molecule has 372 valence electrons. The Labute approximate surface area is 396 Å². The second kappa shape index (κ2) is 30.7. The molecular weight excluding hydrogens is 791 g/mol. The van der Waals surface area contributed by atoms with E-state index in [4.69, 9.17) is 23.7 Å². The predicted molar refractivity (Wildman–Crippen MR) is 270 cm³/mol. The third-order valence-corrected chi connectivity index (χ3v) is 17.5. The summed E-state index contributed by atoms with van der Waals surface area (Å²) >= 11 is 0. The first kappa shape index (κ1) is 54.2. The first-order valence-corrected chi connectivity index (χ1v) is 28.3. The highest BCUT2D eigenvalue weighted by atomic mass is 16.5. The van der Waals surface area contributed by atoms with Crippen LogP contribution in [0.2, 0.25) is 0 Å². The summed E-state index contributed by atoms with van der Waals surface area (Å²) < 4.78 is 30.8. The van der Waals surface area contributed by atoms with Gasteiger partial charge in [0.05, 0.1) is 32.0 Å². The van der Waals surface area contributed by atoms with Crippen LogP contribution in [0.3, 0.4) is 0 Å². The lowest BCUT2D eigenvalue weighted by Gasteiger charge is -2.58. The van der Waals surface area contributed by atoms with Crippen LogP contribution in [-0.4, -0.2) is 89.6 Å². The van der Waals surface area contributed by atoms with Crippen molar-refractivity contribution < 1.29 is 23.7 Å². The molecule has 64 heavy (non-hydrogen) atoms. The van der Waals surface area contributed by atoms with Gasteiger partial charge >= 0.3 is 0 Å². The normalized spacial score (nSPS) is 29.5.